The third kappa shape index (κ3) is 3.77. The Morgan fingerprint density at radius 1 is 1.45 bits per heavy atom. The van der Waals surface area contributed by atoms with Crippen molar-refractivity contribution in [2.45, 2.75) is 11.3 Å². The van der Waals surface area contributed by atoms with Crippen LogP contribution in [0.5, 0.6) is 0 Å². The summed E-state index contributed by atoms with van der Waals surface area (Å²) in [4.78, 5) is 25.7. The maximum atomic E-state index is 11.9. The van der Waals surface area contributed by atoms with Crippen molar-refractivity contribution in [2.24, 2.45) is 0 Å². The van der Waals surface area contributed by atoms with Crippen molar-refractivity contribution in [2.75, 3.05) is 21.2 Å². The molecule has 0 aliphatic rings. The Balaban J connectivity index is 3.38. The Bertz CT molecular complexity index is 543. The maximum Gasteiger partial charge on any atom is 0.339 e. The number of rotatable bonds is 4. The number of esters is 1. The van der Waals surface area contributed by atoms with Gasteiger partial charge in [0.15, 0.2) is 0 Å². The van der Waals surface area contributed by atoms with E-state index >= 15 is 0 Å². The average Bonchev–Trinajstić information content (AvgIpc) is 2.41. The molecular formula is C14H16ClNO3S. The van der Waals surface area contributed by atoms with Crippen molar-refractivity contribution in [3.8, 4) is 0 Å². The molecule has 0 saturated heterocycles. The molecule has 0 bridgehead atoms. The lowest BCUT2D eigenvalue weighted by atomic mass is 10.1. The van der Waals surface area contributed by atoms with E-state index in [1.54, 1.807) is 32.3 Å². The second kappa shape index (κ2) is 7.36. The number of carbonyl (C=O) groups excluding carboxylic acids is 2. The highest BCUT2D eigenvalue weighted by Crippen LogP contribution is 2.34. The fourth-order valence-electron chi connectivity index (χ4n) is 1.50. The number of hydrogen-bond acceptors (Lipinski definition) is 4. The summed E-state index contributed by atoms with van der Waals surface area (Å²) in [5.74, 6) is -0.499. The van der Waals surface area contributed by atoms with Gasteiger partial charge in [0, 0.05) is 24.0 Å². The molecule has 0 aliphatic heterocycles. The first-order valence-corrected chi connectivity index (χ1v) is 7.01. The lowest BCUT2D eigenvalue weighted by Gasteiger charge is -2.15. The minimum absolute atomic E-state index is 0.192. The first-order chi connectivity index (χ1) is 9.42. The van der Waals surface area contributed by atoms with Crippen LogP contribution in [0.4, 0.5) is 4.79 Å². The Morgan fingerprint density at radius 2 is 2.10 bits per heavy atom. The summed E-state index contributed by atoms with van der Waals surface area (Å²) in [6, 6.07) is 3.18. The normalized spacial score (nSPS) is 10.0. The van der Waals surface area contributed by atoms with Gasteiger partial charge in [0.2, 0.25) is 0 Å². The zero-order valence-corrected chi connectivity index (χ0v) is 13.2. The minimum atomic E-state index is -0.499. The summed E-state index contributed by atoms with van der Waals surface area (Å²) >= 11 is 7.11. The molecule has 0 spiro atoms. The molecule has 108 valence electrons. The van der Waals surface area contributed by atoms with E-state index in [1.807, 2.05) is 0 Å². The number of carbonyl (C=O) groups is 2. The monoisotopic (exact) mass is 313 g/mol. The van der Waals surface area contributed by atoms with E-state index in [0.717, 1.165) is 11.8 Å². The van der Waals surface area contributed by atoms with Crippen molar-refractivity contribution in [3.05, 3.63) is 40.9 Å². The standard InChI is InChI=1S/C14H16ClNO3S/c1-5-6-9-11(15)8-7-10(13(17)19-4)12(9)20-14(18)16(2)3/h5,7-8H,1,6H2,2-4H3. The largest absolute Gasteiger partial charge is 0.465 e. The zero-order chi connectivity index (χ0) is 15.3. The number of hydrogen-bond donors (Lipinski definition) is 0. The first kappa shape index (κ1) is 16.6. The highest BCUT2D eigenvalue weighted by atomic mass is 35.5. The Labute approximate surface area is 127 Å². The van der Waals surface area contributed by atoms with Gasteiger partial charge in [-0.2, -0.15) is 0 Å². The number of thioether (sulfide) groups is 1. The second-order valence-corrected chi connectivity index (χ2v) is 5.52. The zero-order valence-electron chi connectivity index (χ0n) is 11.6. The highest BCUT2D eigenvalue weighted by Gasteiger charge is 2.21. The molecule has 0 radical (unpaired) electrons. The van der Waals surface area contributed by atoms with Crippen molar-refractivity contribution < 1.29 is 14.3 Å². The summed E-state index contributed by atoms with van der Waals surface area (Å²) in [6.07, 6.45) is 2.14. The van der Waals surface area contributed by atoms with E-state index in [0.29, 0.717) is 27.5 Å². The summed E-state index contributed by atoms with van der Waals surface area (Å²) in [5, 5.41) is 0.300. The number of allylic oxidation sites excluding steroid dienone is 1. The molecule has 4 nitrogen and oxygen atoms in total. The molecule has 6 heteroatoms. The predicted molar refractivity (Wildman–Crippen MR) is 81.6 cm³/mol. The van der Waals surface area contributed by atoms with Gasteiger partial charge in [-0.15, -0.1) is 6.58 Å². The Kier molecular flexibility index (Phi) is 6.10. The molecule has 0 aliphatic carbocycles. The molecule has 1 aromatic rings. The third-order valence-corrected chi connectivity index (χ3v) is 4.08. The van der Waals surface area contributed by atoms with Crippen LogP contribution in [-0.2, 0) is 11.2 Å². The lowest BCUT2D eigenvalue weighted by molar-refractivity contribution is 0.0596. The molecule has 0 fully saturated rings. The summed E-state index contributed by atoms with van der Waals surface area (Å²) in [5.41, 5.74) is 1.03. The van der Waals surface area contributed by atoms with Crippen LogP contribution in [0.15, 0.2) is 29.7 Å². The van der Waals surface area contributed by atoms with E-state index in [4.69, 9.17) is 16.3 Å². The van der Waals surface area contributed by atoms with Crippen molar-refractivity contribution in [3.63, 3.8) is 0 Å². The van der Waals surface area contributed by atoms with E-state index in [9.17, 15) is 9.59 Å². The van der Waals surface area contributed by atoms with Crippen LogP contribution in [0, 0.1) is 0 Å². The van der Waals surface area contributed by atoms with Gasteiger partial charge in [0.25, 0.3) is 5.24 Å². The quantitative estimate of drug-likeness (QED) is 0.484. The molecule has 1 amide bonds. The van der Waals surface area contributed by atoms with E-state index in [1.165, 1.54) is 12.0 Å². The van der Waals surface area contributed by atoms with E-state index in [-0.39, 0.29) is 5.24 Å². The van der Waals surface area contributed by atoms with Crippen LogP contribution in [0.1, 0.15) is 15.9 Å². The number of methoxy groups -OCH3 is 1. The molecule has 0 N–H and O–H groups in total. The smallest absolute Gasteiger partial charge is 0.339 e. The van der Waals surface area contributed by atoms with Gasteiger partial charge in [0.05, 0.1) is 12.7 Å². The van der Waals surface area contributed by atoms with Gasteiger partial charge in [-0.3, -0.25) is 4.79 Å². The Morgan fingerprint density at radius 3 is 2.60 bits per heavy atom. The molecule has 20 heavy (non-hydrogen) atoms. The molecule has 0 heterocycles. The lowest BCUT2D eigenvalue weighted by Crippen LogP contribution is -2.17. The van der Waals surface area contributed by atoms with E-state index < -0.39 is 5.97 Å². The van der Waals surface area contributed by atoms with Gasteiger partial charge >= 0.3 is 5.97 Å². The average molecular weight is 314 g/mol. The number of nitrogens with zero attached hydrogens (tertiary/aromatic N) is 1. The highest BCUT2D eigenvalue weighted by molar-refractivity contribution is 8.13. The number of halogens is 1. The van der Waals surface area contributed by atoms with Gasteiger partial charge in [-0.05, 0) is 35.9 Å². The first-order valence-electron chi connectivity index (χ1n) is 5.82. The second-order valence-electron chi connectivity index (χ2n) is 4.15. The molecule has 1 rings (SSSR count). The number of amides is 1. The fourth-order valence-corrected chi connectivity index (χ4v) is 2.73. The van der Waals surface area contributed by atoms with Crippen molar-refractivity contribution in [1.82, 2.24) is 4.90 Å². The SMILES string of the molecule is C=CCc1c(Cl)ccc(C(=O)OC)c1SC(=O)N(C)C. The summed E-state index contributed by atoms with van der Waals surface area (Å²) in [6.45, 7) is 3.67. The molecular weight excluding hydrogens is 298 g/mol. The van der Waals surface area contributed by atoms with Crippen molar-refractivity contribution >= 4 is 34.6 Å². The van der Waals surface area contributed by atoms with Crippen molar-refractivity contribution in [1.29, 1.82) is 0 Å². The Hall–Kier alpha value is -1.46. The molecule has 0 unspecified atom stereocenters. The van der Waals surface area contributed by atoms with Gasteiger partial charge in [0.1, 0.15) is 0 Å². The van der Waals surface area contributed by atoms with Crippen LogP contribution >= 0.6 is 23.4 Å². The third-order valence-electron chi connectivity index (χ3n) is 2.51. The van der Waals surface area contributed by atoms with Crippen LogP contribution in [-0.4, -0.2) is 37.3 Å². The molecule has 0 saturated carbocycles. The molecule has 0 aromatic heterocycles. The summed E-state index contributed by atoms with van der Waals surface area (Å²) < 4.78 is 4.75. The van der Waals surface area contributed by atoms with Crippen LogP contribution in [0.25, 0.3) is 0 Å². The topological polar surface area (TPSA) is 46.6 Å². The summed E-state index contributed by atoms with van der Waals surface area (Å²) in [7, 11) is 4.59. The van der Waals surface area contributed by atoms with E-state index in [2.05, 4.69) is 6.58 Å². The minimum Gasteiger partial charge on any atom is -0.465 e. The number of benzene rings is 1. The van der Waals surface area contributed by atoms with Gasteiger partial charge < -0.3 is 9.64 Å². The van der Waals surface area contributed by atoms with Gasteiger partial charge in [-0.25, -0.2) is 4.79 Å². The predicted octanol–water partition coefficient (Wildman–Crippen LogP) is 3.63. The molecule has 1 aromatic carbocycles. The number of ether oxygens (including phenoxy) is 1. The molecule has 0 atom stereocenters. The fraction of sp³-hybridized carbons (Fsp3) is 0.286. The maximum absolute atomic E-state index is 11.9. The van der Waals surface area contributed by atoms with Gasteiger partial charge in [-0.1, -0.05) is 17.7 Å². The van der Waals surface area contributed by atoms with Crippen LogP contribution in [0.3, 0.4) is 0 Å². The van der Waals surface area contributed by atoms with Crippen LogP contribution < -0.4 is 0 Å². The van der Waals surface area contributed by atoms with Crippen LogP contribution in [0.2, 0.25) is 5.02 Å².